The van der Waals surface area contributed by atoms with Crippen LogP contribution in [0.2, 0.25) is 0 Å². The first-order valence-electron chi connectivity index (χ1n) is 7.15. The summed E-state index contributed by atoms with van der Waals surface area (Å²) in [5.74, 6) is 2.38. The van der Waals surface area contributed by atoms with E-state index in [4.69, 9.17) is 4.74 Å². The smallest absolute Gasteiger partial charge is 0.168 e. The van der Waals surface area contributed by atoms with E-state index in [1.807, 2.05) is 38.2 Å². The van der Waals surface area contributed by atoms with E-state index in [9.17, 15) is 0 Å². The first kappa shape index (κ1) is 15.3. The molecule has 0 bridgehead atoms. The van der Waals surface area contributed by atoms with Crippen LogP contribution in [0.4, 0.5) is 5.82 Å². The molecule has 1 N–H and O–H groups in total. The van der Waals surface area contributed by atoms with E-state index in [1.165, 1.54) is 5.56 Å². The Hall–Kier alpha value is -2.10. The molecular formula is C17H23N3O. The van der Waals surface area contributed by atoms with Crippen molar-refractivity contribution in [2.75, 3.05) is 12.4 Å². The highest BCUT2D eigenvalue weighted by Crippen LogP contribution is 2.31. The highest BCUT2D eigenvalue weighted by Gasteiger charge is 2.18. The summed E-state index contributed by atoms with van der Waals surface area (Å²) in [6.45, 7) is 8.85. The number of nitrogens with one attached hydrogen (secondary N) is 1. The van der Waals surface area contributed by atoms with E-state index < -0.39 is 0 Å². The Labute approximate surface area is 126 Å². The van der Waals surface area contributed by atoms with Crippen molar-refractivity contribution >= 4 is 5.82 Å². The van der Waals surface area contributed by atoms with Crippen LogP contribution < -0.4 is 10.1 Å². The van der Waals surface area contributed by atoms with Crippen molar-refractivity contribution in [3.63, 3.8) is 0 Å². The number of nitrogens with zero attached hydrogens (tertiary/aromatic N) is 2. The Morgan fingerprint density at radius 2 is 1.86 bits per heavy atom. The third-order valence-electron chi connectivity index (χ3n) is 3.21. The molecule has 21 heavy (non-hydrogen) atoms. The number of aryl methyl sites for hydroxylation is 1. The van der Waals surface area contributed by atoms with Crippen LogP contribution in [-0.2, 0) is 12.0 Å². The minimum atomic E-state index is 0.0419. The molecule has 0 saturated heterocycles. The Morgan fingerprint density at radius 3 is 2.52 bits per heavy atom. The third kappa shape index (κ3) is 3.94. The summed E-state index contributed by atoms with van der Waals surface area (Å²) in [6.07, 6.45) is 0. The molecule has 4 heteroatoms. The Bertz CT molecular complexity index is 618. The first-order valence-corrected chi connectivity index (χ1v) is 7.15. The van der Waals surface area contributed by atoms with Crippen LogP contribution in [0.3, 0.4) is 0 Å². The molecule has 0 saturated carbocycles. The van der Waals surface area contributed by atoms with Crippen molar-refractivity contribution in [2.24, 2.45) is 0 Å². The SMILES string of the molecule is CNc1cc(C)nc(COc2ccccc2C(C)(C)C)n1. The molecule has 2 aromatic rings. The van der Waals surface area contributed by atoms with Crippen molar-refractivity contribution in [3.8, 4) is 5.75 Å². The zero-order valence-corrected chi connectivity index (χ0v) is 13.4. The summed E-state index contributed by atoms with van der Waals surface area (Å²) in [5, 5.41) is 3.04. The van der Waals surface area contributed by atoms with E-state index in [2.05, 4.69) is 42.1 Å². The number of para-hydroxylation sites is 1. The fourth-order valence-corrected chi connectivity index (χ4v) is 2.18. The Kier molecular flexibility index (Phi) is 4.46. The van der Waals surface area contributed by atoms with Crippen molar-refractivity contribution < 1.29 is 4.74 Å². The minimum Gasteiger partial charge on any atom is -0.485 e. The van der Waals surface area contributed by atoms with Crippen molar-refractivity contribution in [2.45, 2.75) is 39.7 Å². The molecule has 0 unspecified atom stereocenters. The van der Waals surface area contributed by atoms with Gasteiger partial charge in [-0.2, -0.15) is 0 Å². The quantitative estimate of drug-likeness (QED) is 0.930. The standard InChI is InChI=1S/C17H23N3O/c1-12-10-15(18-5)20-16(19-12)11-21-14-9-7-6-8-13(14)17(2,3)4/h6-10H,11H2,1-5H3,(H,18,19,20). The maximum Gasteiger partial charge on any atom is 0.168 e. The van der Waals surface area contributed by atoms with Gasteiger partial charge < -0.3 is 10.1 Å². The maximum absolute atomic E-state index is 5.95. The number of benzene rings is 1. The van der Waals surface area contributed by atoms with E-state index in [-0.39, 0.29) is 5.41 Å². The average molecular weight is 285 g/mol. The zero-order valence-electron chi connectivity index (χ0n) is 13.4. The average Bonchev–Trinajstić information content (AvgIpc) is 2.44. The van der Waals surface area contributed by atoms with E-state index in [0.29, 0.717) is 12.4 Å². The fourth-order valence-electron chi connectivity index (χ4n) is 2.18. The van der Waals surface area contributed by atoms with Gasteiger partial charge in [-0.1, -0.05) is 39.0 Å². The molecule has 4 nitrogen and oxygen atoms in total. The number of hydrogen-bond donors (Lipinski definition) is 1. The maximum atomic E-state index is 5.95. The van der Waals surface area contributed by atoms with Crippen molar-refractivity contribution in [3.05, 3.63) is 47.4 Å². The number of ether oxygens (including phenoxy) is 1. The van der Waals surface area contributed by atoms with Gasteiger partial charge in [0.25, 0.3) is 0 Å². The summed E-state index contributed by atoms with van der Waals surface area (Å²) in [4.78, 5) is 8.82. The first-order chi connectivity index (χ1) is 9.90. The van der Waals surface area contributed by atoms with Crippen LogP contribution in [0, 0.1) is 6.92 Å². The summed E-state index contributed by atoms with van der Waals surface area (Å²) < 4.78 is 5.95. The van der Waals surface area contributed by atoms with Crippen molar-refractivity contribution in [1.29, 1.82) is 0 Å². The predicted octanol–water partition coefficient (Wildman–Crippen LogP) is 3.70. The van der Waals surface area contributed by atoms with Crippen LogP contribution in [0.15, 0.2) is 30.3 Å². The summed E-state index contributed by atoms with van der Waals surface area (Å²) in [5.41, 5.74) is 2.16. The second-order valence-corrected chi connectivity index (χ2v) is 6.10. The molecule has 2 rings (SSSR count). The molecule has 0 aliphatic rings. The molecule has 1 heterocycles. The molecular weight excluding hydrogens is 262 g/mol. The van der Waals surface area contributed by atoms with Crippen LogP contribution in [0.25, 0.3) is 0 Å². The summed E-state index contributed by atoms with van der Waals surface area (Å²) in [7, 11) is 1.85. The number of hydrogen-bond acceptors (Lipinski definition) is 4. The van der Waals surface area contributed by atoms with Gasteiger partial charge in [0.15, 0.2) is 5.82 Å². The van der Waals surface area contributed by atoms with Gasteiger partial charge in [0.1, 0.15) is 18.2 Å². The molecule has 0 fully saturated rings. The lowest BCUT2D eigenvalue weighted by Gasteiger charge is -2.22. The Morgan fingerprint density at radius 1 is 1.14 bits per heavy atom. The minimum absolute atomic E-state index is 0.0419. The second kappa shape index (κ2) is 6.12. The van der Waals surface area contributed by atoms with Crippen LogP contribution >= 0.6 is 0 Å². The zero-order chi connectivity index (χ0) is 15.5. The molecule has 0 amide bonds. The van der Waals surface area contributed by atoms with E-state index in [1.54, 1.807) is 0 Å². The lowest BCUT2D eigenvalue weighted by Crippen LogP contribution is -2.14. The van der Waals surface area contributed by atoms with Gasteiger partial charge in [-0.3, -0.25) is 0 Å². The van der Waals surface area contributed by atoms with Crippen molar-refractivity contribution in [1.82, 2.24) is 9.97 Å². The number of anilines is 1. The normalized spacial score (nSPS) is 11.3. The second-order valence-electron chi connectivity index (χ2n) is 6.10. The largest absolute Gasteiger partial charge is 0.485 e. The predicted molar refractivity (Wildman–Crippen MR) is 85.8 cm³/mol. The molecule has 112 valence electrons. The van der Waals surface area contributed by atoms with Gasteiger partial charge in [-0.15, -0.1) is 0 Å². The van der Waals surface area contributed by atoms with E-state index in [0.717, 1.165) is 17.3 Å². The molecule has 0 aliphatic heterocycles. The molecule has 0 spiro atoms. The van der Waals surface area contributed by atoms with Crippen LogP contribution in [-0.4, -0.2) is 17.0 Å². The lowest BCUT2D eigenvalue weighted by molar-refractivity contribution is 0.287. The highest BCUT2D eigenvalue weighted by atomic mass is 16.5. The lowest BCUT2D eigenvalue weighted by atomic mass is 9.86. The number of aromatic nitrogens is 2. The van der Waals surface area contributed by atoms with Gasteiger partial charge in [0.2, 0.25) is 0 Å². The topological polar surface area (TPSA) is 47.0 Å². The third-order valence-corrected chi connectivity index (χ3v) is 3.21. The Balaban J connectivity index is 2.19. The van der Waals surface area contributed by atoms with Crippen LogP contribution in [0.5, 0.6) is 5.75 Å². The molecule has 0 radical (unpaired) electrons. The molecule has 0 atom stereocenters. The van der Waals surface area contributed by atoms with Gasteiger partial charge in [0, 0.05) is 18.8 Å². The van der Waals surface area contributed by atoms with Gasteiger partial charge in [0.05, 0.1) is 0 Å². The number of rotatable bonds is 4. The monoisotopic (exact) mass is 285 g/mol. The van der Waals surface area contributed by atoms with Gasteiger partial charge in [-0.25, -0.2) is 9.97 Å². The van der Waals surface area contributed by atoms with Crippen LogP contribution in [0.1, 0.15) is 37.9 Å². The fraction of sp³-hybridized carbons (Fsp3) is 0.412. The van der Waals surface area contributed by atoms with E-state index >= 15 is 0 Å². The summed E-state index contributed by atoms with van der Waals surface area (Å²) in [6, 6.07) is 10.0. The molecule has 0 aliphatic carbocycles. The molecule has 1 aromatic heterocycles. The molecule has 1 aromatic carbocycles. The van der Waals surface area contributed by atoms with Gasteiger partial charge in [-0.05, 0) is 24.0 Å². The highest BCUT2D eigenvalue weighted by molar-refractivity contribution is 5.38. The van der Waals surface area contributed by atoms with Gasteiger partial charge >= 0.3 is 0 Å². The summed E-state index contributed by atoms with van der Waals surface area (Å²) >= 11 is 0.